The standard InChI is InChI=1S/C23H17ClFN7/c1-12-8-17(6-7-26-12)32-11-15(10-27-32)22-30-20(18-5-4-16(24)9-19(18)25)21-23(31-22)29-14(3)13(2)28-21/h4-11H,1-3H3. The Morgan fingerprint density at radius 1 is 0.938 bits per heavy atom. The van der Waals surface area contributed by atoms with Gasteiger partial charge in [0.2, 0.25) is 0 Å². The highest BCUT2D eigenvalue weighted by atomic mass is 35.5. The third-order valence-electron chi connectivity index (χ3n) is 5.11. The molecule has 0 bridgehead atoms. The van der Waals surface area contributed by atoms with E-state index in [-0.39, 0.29) is 5.56 Å². The van der Waals surface area contributed by atoms with Gasteiger partial charge in [0.05, 0.1) is 28.8 Å². The summed E-state index contributed by atoms with van der Waals surface area (Å²) < 4.78 is 16.5. The van der Waals surface area contributed by atoms with Crippen LogP contribution < -0.4 is 0 Å². The second-order valence-corrected chi connectivity index (χ2v) is 7.85. The van der Waals surface area contributed by atoms with Gasteiger partial charge in [-0.2, -0.15) is 5.10 Å². The minimum atomic E-state index is -0.494. The van der Waals surface area contributed by atoms with E-state index in [2.05, 4.69) is 30.0 Å². The summed E-state index contributed by atoms with van der Waals surface area (Å²) >= 11 is 5.95. The summed E-state index contributed by atoms with van der Waals surface area (Å²) in [6.07, 6.45) is 5.19. The normalized spacial score (nSPS) is 11.3. The van der Waals surface area contributed by atoms with Gasteiger partial charge in [-0.05, 0) is 51.1 Å². The van der Waals surface area contributed by atoms with Crippen LogP contribution >= 0.6 is 11.6 Å². The molecule has 1 aromatic carbocycles. The molecular formula is C23H17ClFN7. The summed E-state index contributed by atoms with van der Waals surface area (Å²) in [6, 6.07) is 8.24. The molecule has 5 rings (SSSR count). The van der Waals surface area contributed by atoms with E-state index < -0.39 is 5.82 Å². The van der Waals surface area contributed by atoms with Crippen molar-refractivity contribution in [2.75, 3.05) is 0 Å². The second kappa shape index (κ2) is 7.72. The average Bonchev–Trinajstić information content (AvgIpc) is 3.25. The topological polar surface area (TPSA) is 82.3 Å². The molecule has 4 heterocycles. The Hall–Kier alpha value is -3.78. The van der Waals surface area contributed by atoms with E-state index in [0.717, 1.165) is 22.8 Å². The zero-order valence-electron chi connectivity index (χ0n) is 17.5. The lowest BCUT2D eigenvalue weighted by atomic mass is 10.1. The number of aryl methyl sites for hydroxylation is 3. The molecule has 0 unspecified atom stereocenters. The molecule has 0 atom stereocenters. The van der Waals surface area contributed by atoms with Crippen molar-refractivity contribution >= 4 is 22.8 Å². The minimum Gasteiger partial charge on any atom is -0.261 e. The fraction of sp³-hybridized carbons (Fsp3) is 0.130. The van der Waals surface area contributed by atoms with E-state index in [0.29, 0.717) is 33.3 Å². The van der Waals surface area contributed by atoms with Crippen LogP contribution in [0.5, 0.6) is 0 Å². The van der Waals surface area contributed by atoms with E-state index in [1.165, 1.54) is 6.07 Å². The summed E-state index contributed by atoms with van der Waals surface area (Å²) in [7, 11) is 0. The predicted octanol–water partition coefficient (Wildman–Crippen LogP) is 5.05. The lowest BCUT2D eigenvalue weighted by Crippen LogP contribution is -2.02. The highest BCUT2D eigenvalue weighted by Crippen LogP contribution is 2.31. The number of aromatic nitrogens is 7. The van der Waals surface area contributed by atoms with Crippen LogP contribution in [0.1, 0.15) is 17.1 Å². The zero-order valence-corrected chi connectivity index (χ0v) is 18.3. The lowest BCUT2D eigenvalue weighted by molar-refractivity contribution is 0.631. The van der Waals surface area contributed by atoms with Crippen molar-refractivity contribution in [3.05, 3.63) is 76.8 Å². The van der Waals surface area contributed by atoms with Crippen molar-refractivity contribution in [1.82, 2.24) is 34.7 Å². The maximum absolute atomic E-state index is 14.8. The predicted molar refractivity (Wildman–Crippen MR) is 120 cm³/mol. The van der Waals surface area contributed by atoms with Crippen LogP contribution in [-0.4, -0.2) is 34.7 Å². The Morgan fingerprint density at radius 3 is 2.53 bits per heavy atom. The molecule has 158 valence electrons. The molecule has 32 heavy (non-hydrogen) atoms. The van der Waals surface area contributed by atoms with Gasteiger partial charge in [-0.1, -0.05) is 11.6 Å². The molecule has 7 nitrogen and oxygen atoms in total. The molecule has 4 aromatic heterocycles. The number of hydrogen-bond acceptors (Lipinski definition) is 6. The van der Waals surface area contributed by atoms with Crippen LogP contribution in [0.25, 0.3) is 39.5 Å². The van der Waals surface area contributed by atoms with Gasteiger partial charge in [-0.15, -0.1) is 0 Å². The van der Waals surface area contributed by atoms with E-state index in [4.69, 9.17) is 11.6 Å². The Balaban J connectivity index is 1.72. The molecule has 0 fully saturated rings. The first-order chi connectivity index (χ1) is 15.4. The SMILES string of the molecule is Cc1cc(-n2cc(-c3nc(-c4ccc(Cl)cc4F)c4nc(C)c(C)nc4n3)cn2)ccn1. The third-order valence-corrected chi connectivity index (χ3v) is 5.35. The van der Waals surface area contributed by atoms with E-state index in [1.54, 1.807) is 29.2 Å². The molecule has 0 aliphatic carbocycles. The molecule has 0 aliphatic heterocycles. The first kappa shape index (κ1) is 20.1. The summed E-state index contributed by atoms with van der Waals surface area (Å²) in [5, 5.41) is 4.73. The van der Waals surface area contributed by atoms with Gasteiger partial charge in [-0.25, -0.2) is 29.0 Å². The molecular weight excluding hydrogens is 429 g/mol. The van der Waals surface area contributed by atoms with Gasteiger partial charge in [0.1, 0.15) is 17.0 Å². The Bertz CT molecular complexity index is 1500. The largest absolute Gasteiger partial charge is 0.261 e. The van der Waals surface area contributed by atoms with Crippen LogP contribution in [-0.2, 0) is 0 Å². The van der Waals surface area contributed by atoms with Gasteiger partial charge in [0.25, 0.3) is 0 Å². The van der Waals surface area contributed by atoms with Gasteiger partial charge in [-0.3, -0.25) is 4.98 Å². The summed E-state index contributed by atoms with van der Waals surface area (Å²) in [5.74, 6) is -0.122. The van der Waals surface area contributed by atoms with Crippen molar-refractivity contribution in [3.8, 4) is 28.3 Å². The lowest BCUT2D eigenvalue weighted by Gasteiger charge is -2.10. The fourth-order valence-electron chi connectivity index (χ4n) is 3.36. The third kappa shape index (κ3) is 3.58. The Morgan fingerprint density at radius 2 is 1.75 bits per heavy atom. The van der Waals surface area contributed by atoms with E-state index in [9.17, 15) is 4.39 Å². The number of fused-ring (bicyclic) bond motifs is 1. The smallest absolute Gasteiger partial charge is 0.182 e. The second-order valence-electron chi connectivity index (χ2n) is 7.42. The quantitative estimate of drug-likeness (QED) is 0.386. The van der Waals surface area contributed by atoms with Gasteiger partial charge < -0.3 is 0 Å². The van der Waals surface area contributed by atoms with Gasteiger partial charge in [0.15, 0.2) is 11.5 Å². The molecule has 0 saturated heterocycles. The van der Waals surface area contributed by atoms with Gasteiger partial charge in [0, 0.05) is 28.7 Å². The highest BCUT2D eigenvalue weighted by molar-refractivity contribution is 6.30. The molecule has 0 N–H and O–H groups in total. The van der Waals surface area contributed by atoms with Crippen molar-refractivity contribution in [3.63, 3.8) is 0 Å². The monoisotopic (exact) mass is 445 g/mol. The molecule has 9 heteroatoms. The fourth-order valence-corrected chi connectivity index (χ4v) is 3.52. The molecule has 0 saturated carbocycles. The summed E-state index contributed by atoms with van der Waals surface area (Å²) in [5.41, 5.74) is 5.31. The number of nitrogens with zero attached hydrogens (tertiary/aromatic N) is 7. The number of rotatable bonds is 3. The van der Waals surface area contributed by atoms with Crippen LogP contribution in [0.2, 0.25) is 5.02 Å². The van der Waals surface area contributed by atoms with Gasteiger partial charge >= 0.3 is 0 Å². The number of hydrogen-bond donors (Lipinski definition) is 0. The molecule has 0 radical (unpaired) electrons. The molecule has 0 spiro atoms. The number of benzene rings is 1. The van der Waals surface area contributed by atoms with Crippen LogP contribution in [0.4, 0.5) is 4.39 Å². The summed E-state index contributed by atoms with van der Waals surface area (Å²) in [6.45, 7) is 5.62. The zero-order chi connectivity index (χ0) is 22.4. The maximum Gasteiger partial charge on any atom is 0.182 e. The molecule has 0 aliphatic rings. The minimum absolute atomic E-state index is 0.276. The maximum atomic E-state index is 14.8. The van der Waals surface area contributed by atoms with E-state index in [1.807, 2.05) is 39.1 Å². The molecule has 5 aromatic rings. The summed E-state index contributed by atoms with van der Waals surface area (Å²) in [4.78, 5) is 22.7. The van der Waals surface area contributed by atoms with Crippen molar-refractivity contribution in [1.29, 1.82) is 0 Å². The molecule has 0 amide bonds. The first-order valence-corrected chi connectivity index (χ1v) is 10.2. The van der Waals surface area contributed by atoms with Crippen molar-refractivity contribution in [2.24, 2.45) is 0 Å². The van der Waals surface area contributed by atoms with Crippen LogP contribution in [0.15, 0.2) is 48.9 Å². The number of pyridine rings is 1. The van der Waals surface area contributed by atoms with Crippen LogP contribution in [0.3, 0.4) is 0 Å². The Kier molecular flexibility index (Phi) is 4.86. The highest BCUT2D eigenvalue weighted by Gasteiger charge is 2.18. The van der Waals surface area contributed by atoms with Crippen molar-refractivity contribution in [2.45, 2.75) is 20.8 Å². The number of halogens is 2. The first-order valence-electron chi connectivity index (χ1n) is 9.85. The average molecular weight is 446 g/mol. The van der Waals surface area contributed by atoms with Crippen LogP contribution in [0, 0.1) is 26.6 Å². The van der Waals surface area contributed by atoms with Crippen molar-refractivity contribution < 1.29 is 4.39 Å². The Labute approximate surface area is 188 Å². The van der Waals surface area contributed by atoms with E-state index >= 15 is 0 Å².